The van der Waals surface area contributed by atoms with Crippen LogP contribution in [0.3, 0.4) is 0 Å². The van der Waals surface area contributed by atoms with E-state index in [1.165, 1.54) is 38.5 Å². The summed E-state index contributed by atoms with van der Waals surface area (Å²) in [6.07, 6.45) is 13.1. The molecule has 0 saturated heterocycles. The van der Waals surface area contributed by atoms with Crippen molar-refractivity contribution in [2.45, 2.75) is 51.9 Å². The first-order valence-corrected chi connectivity index (χ1v) is 7.24. The minimum Gasteiger partial charge on any atom is -0.478 e. The number of carboxylic acid groups (broad SMARTS) is 1. The number of allylic oxidation sites excluding steroid dienone is 1. The van der Waals surface area contributed by atoms with E-state index in [1.807, 2.05) is 12.1 Å². The zero-order chi connectivity index (χ0) is 13.9. The van der Waals surface area contributed by atoms with Crippen LogP contribution in [0.4, 0.5) is 0 Å². The first-order valence-electron chi connectivity index (χ1n) is 7.24. The van der Waals surface area contributed by atoms with Crippen LogP contribution in [0.1, 0.15) is 67.8 Å². The highest BCUT2D eigenvalue weighted by Gasteiger charge is 2.00. The van der Waals surface area contributed by atoms with Crippen molar-refractivity contribution in [3.8, 4) is 0 Å². The highest BCUT2D eigenvalue weighted by atomic mass is 16.4. The molecule has 0 unspecified atom stereocenters. The van der Waals surface area contributed by atoms with E-state index in [2.05, 4.69) is 13.0 Å². The Labute approximate surface area is 116 Å². The number of rotatable bonds is 9. The van der Waals surface area contributed by atoms with E-state index in [0.717, 1.165) is 12.0 Å². The molecular weight excluding hydrogens is 236 g/mol. The van der Waals surface area contributed by atoms with Crippen LogP contribution in [0.15, 0.2) is 30.3 Å². The van der Waals surface area contributed by atoms with Gasteiger partial charge in [0.2, 0.25) is 0 Å². The molecule has 2 nitrogen and oxygen atoms in total. The third-order valence-corrected chi connectivity index (χ3v) is 3.17. The lowest BCUT2D eigenvalue weighted by Crippen LogP contribution is -1.95. The Morgan fingerprint density at radius 1 is 1.16 bits per heavy atom. The SMILES string of the molecule is CCCCCCCC/C=C\c1cccc(C(=O)O)c1. The van der Waals surface area contributed by atoms with Gasteiger partial charge in [-0.05, 0) is 30.5 Å². The van der Waals surface area contributed by atoms with Crippen molar-refractivity contribution in [1.29, 1.82) is 0 Å². The monoisotopic (exact) mass is 260 g/mol. The molecule has 0 atom stereocenters. The Kier molecular flexibility index (Phi) is 7.64. The predicted octanol–water partition coefficient (Wildman–Crippen LogP) is 5.15. The van der Waals surface area contributed by atoms with Crippen LogP contribution in [0.25, 0.3) is 6.08 Å². The number of carboxylic acids is 1. The number of carbonyl (C=O) groups is 1. The van der Waals surface area contributed by atoms with Gasteiger partial charge in [0.1, 0.15) is 0 Å². The molecular formula is C17H24O2. The maximum atomic E-state index is 10.8. The van der Waals surface area contributed by atoms with Crippen molar-refractivity contribution in [3.05, 3.63) is 41.5 Å². The minimum atomic E-state index is -0.869. The van der Waals surface area contributed by atoms with Crippen LogP contribution in [0.2, 0.25) is 0 Å². The molecule has 104 valence electrons. The fraction of sp³-hybridized carbons (Fsp3) is 0.471. The van der Waals surface area contributed by atoms with E-state index in [-0.39, 0.29) is 0 Å². The zero-order valence-corrected chi connectivity index (χ0v) is 11.8. The summed E-state index contributed by atoms with van der Waals surface area (Å²) in [4.78, 5) is 10.8. The molecule has 0 spiro atoms. The van der Waals surface area contributed by atoms with Gasteiger partial charge in [-0.1, -0.05) is 63.3 Å². The van der Waals surface area contributed by atoms with Crippen LogP contribution >= 0.6 is 0 Å². The quantitative estimate of drug-likeness (QED) is 0.623. The van der Waals surface area contributed by atoms with Gasteiger partial charge in [0, 0.05) is 0 Å². The van der Waals surface area contributed by atoms with E-state index in [0.29, 0.717) is 5.56 Å². The van der Waals surface area contributed by atoms with Crippen molar-refractivity contribution in [2.75, 3.05) is 0 Å². The molecule has 0 saturated carbocycles. The van der Waals surface area contributed by atoms with Crippen LogP contribution in [-0.2, 0) is 0 Å². The minimum absolute atomic E-state index is 0.349. The normalized spacial score (nSPS) is 11.0. The lowest BCUT2D eigenvalue weighted by atomic mass is 10.1. The van der Waals surface area contributed by atoms with Crippen molar-refractivity contribution < 1.29 is 9.90 Å². The zero-order valence-electron chi connectivity index (χ0n) is 11.8. The van der Waals surface area contributed by atoms with Crippen LogP contribution < -0.4 is 0 Å². The predicted molar refractivity (Wildman–Crippen MR) is 80.4 cm³/mol. The summed E-state index contributed by atoms with van der Waals surface area (Å²) in [7, 11) is 0. The van der Waals surface area contributed by atoms with Crippen LogP contribution in [0.5, 0.6) is 0 Å². The fourth-order valence-electron chi connectivity index (χ4n) is 2.04. The lowest BCUT2D eigenvalue weighted by Gasteiger charge is -1.98. The Morgan fingerprint density at radius 2 is 1.89 bits per heavy atom. The molecule has 1 N–H and O–H groups in total. The highest BCUT2D eigenvalue weighted by Crippen LogP contribution is 2.10. The number of aromatic carboxylic acids is 1. The van der Waals surface area contributed by atoms with Gasteiger partial charge >= 0.3 is 5.97 Å². The first kappa shape index (κ1) is 15.5. The largest absolute Gasteiger partial charge is 0.478 e. The van der Waals surface area contributed by atoms with Gasteiger partial charge in [-0.25, -0.2) is 4.79 Å². The molecule has 1 aromatic rings. The van der Waals surface area contributed by atoms with E-state index in [1.54, 1.807) is 18.2 Å². The van der Waals surface area contributed by atoms with E-state index in [9.17, 15) is 4.79 Å². The topological polar surface area (TPSA) is 37.3 Å². The van der Waals surface area contributed by atoms with Crippen molar-refractivity contribution in [3.63, 3.8) is 0 Å². The molecule has 0 bridgehead atoms. The summed E-state index contributed by atoms with van der Waals surface area (Å²) >= 11 is 0. The van der Waals surface area contributed by atoms with Crippen molar-refractivity contribution in [2.24, 2.45) is 0 Å². The molecule has 0 heterocycles. The molecule has 0 radical (unpaired) electrons. The van der Waals surface area contributed by atoms with Crippen LogP contribution in [0, 0.1) is 0 Å². The second kappa shape index (κ2) is 9.37. The van der Waals surface area contributed by atoms with Gasteiger partial charge in [-0.2, -0.15) is 0 Å². The Bertz CT molecular complexity index is 407. The summed E-state index contributed by atoms with van der Waals surface area (Å²) in [5.41, 5.74) is 1.31. The number of hydrogen-bond acceptors (Lipinski definition) is 1. The first-order chi connectivity index (χ1) is 9.24. The highest BCUT2D eigenvalue weighted by molar-refractivity contribution is 5.88. The number of unbranched alkanes of at least 4 members (excludes halogenated alkanes) is 6. The van der Waals surface area contributed by atoms with Gasteiger partial charge in [0.15, 0.2) is 0 Å². The average Bonchev–Trinajstić information content (AvgIpc) is 2.42. The second-order valence-corrected chi connectivity index (χ2v) is 4.89. The van der Waals surface area contributed by atoms with E-state index < -0.39 is 5.97 Å². The van der Waals surface area contributed by atoms with Gasteiger partial charge in [0.25, 0.3) is 0 Å². The van der Waals surface area contributed by atoms with E-state index in [4.69, 9.17) is 5.11 Å². The number of hydrogen-bond donors (Lipinski definition) is 1. The molecule has 0 aliphatic carbocycles. The van der Waals surface area contributed by atoms with Gasteiger partial charge < -0.3 is 5.11 Å². The Hall–Kier alpha value is -1.57. The maximum absolute atomic E-state index is 10.8. The summed E-state index contributed by atoms with van der Waals surface area (Å²) in [5.74, 6) is -0.869. The summed E-state index contributed by atoms with van der Waals surface area (Å²) < 4.78 is 0. The third-order valence-electron chi connectivity index (χ3n) is 3.17. The molecule has 0 aliphatic rings. The maximum Gasteiger partial charge on any atom is 0.335 e. The molecule has 0 aliphatic heterocycles. The van der Waals surface area contributed by atoms with Crippen LogP contribution in [-0.4, -0.2) is 11.1 Å². The lowest BCUT2D eigenvalue weighted by molar-refractivity contribution is 0.0697. The summed E-state index contributed by atoms with van der Waals surface area (Å²) in [5, 5.41) is 8.90. The Balaban J connectivity index is 2.25. The second-order valence-electron chi connectivity index (χ2n) is 4.89. The molecule has 0 fully saturated rings. The van der Waals surface area contributed by atoms with Gasteiger partial charge in [-0.3, -0.25) is 0 Å². The molecule has 0 amide bonds. The van der Waals surface area contributed by atoms with Crippen molar-refractivity contribution >= 4 is 12.0 Å². The fourth-order valence-corrected chi connectivity index (χ4v) is 2.04. The third kappa shape index (κ3) is 6.80. The van der Waals surface area contributed by atoms with Gasteiger partial charge in [0.05, 0.1) is 5.56 Å². The van der Waals surface area contributed by atoms with Crippen molar-refractivity contribution in [1.82, 2.24) is 0 Å². The smallest absolute Gasteiger partial charge is 0.335 e. The molecule has 1 aromatic carbocycles. The molecule has 19 heavy (non-hydrogen) atoms. The summed E-state index contributed by atoms with van der Waals surface area (Å²) in [6, 6.07) is 7.05. The molecule has 0 aromatic heterocycles. The summed E-state index contributed by atoms with van der Waals surface area (Å²) in [6.45, 7) is 2.23. The number of benzene rings is 1. The van der Waals surface area contributed by atoms with E-state index >= 15 is 0 Å². The molecule has 1 rings (SSSR count). The van der Waals surface area contributed by atoms with Gasteiger partial charge in [-0.15, -0.1) is 0 Å². The Morgan fingerprint density at radius 3 is 2.63 bits per heavy atom. The molecule has 2 heteroatoms. The standard InChI is InChI=1S/C17H24O2/c1-2-3-4-5-6-7-8-9-11-15-12-10-13-16(14-15)17(18)19/h9-14H,2-8H2,1H3,(H,18,19)/b11-9-. The average molecular weight is 260 g/mol.